The van der Waals surface area contributed by atoms with Gasteiger partial charge < -0.3 is 9.47 Å². The molecule has 0 saturated carbocycles. The highest BCUT2D eigenvalue weighted by Crippen LogP contribution is 2.09. The Kier molecular flexibility index (Phi) is 5.40. The molecular formula is C13H18O3. The van der Waals surface area contributed by atoms with Crippen LogP contribution in [0.1, 0.15) is 26.7 Å². The second-order valence-electron chi connectivity index (χ2n) is 3.67. The van der Waals surface area contributed by atoms with Gasteiger partial charge in [0.05, 0.1) is 0 Å². The van der Waals surface area contributed by atoms with Gasteiger partial charge in [-0.05, 0) is 25.5 Å². The Bertz CT molecular complexity index is 308. The van der Waals surface area contributed by atoms with Crippen LogP contribution in [0.5, 0.6) is 5.75 Å². The molecule has 1 atom stereocenters. The molecule has 88 valence electrons. The van der Waals surface area contributed by atoms with Crippen LogP contribution in [0.4, 0.5) is 0 Å². The number of hydrogen-bond donors (Lipinski definition) is 0. The summed E-state index contributed by atoms with van der Waals surface area (Å²) < 4.78 is 10.6. The molecule has 0 N–H and O–H groups in total. The maximum Gasteiger partial charge on any atom is 0.306 e. The summed E-state index contributed by atoms with van der Waals surface area (Å²) in [7, 11) is 0. The Labute approximate surface area is 96.4 Å². The van der Waals surface area contributed by atoms with Crippen molar-refractivity contribution in [1.82, 2.24) is 0 Å². The van der Waals surface area contributed by atoms with Gasteiger partial charge in [0.2, 0.25) is 0 Å². The highest BCUT2D eigenvalue weighted by Gasteiger charge is 2.08. The van der Waals surface area contributed by atoms with Gasteiger partial charge in [0.1, 0.15) is 18.5 Å². The smallest absolute Gasteiger partial charge is 0.306 e. The number of ether oxygens (including phenoxy) is 2. The third-order valence-corrected chi connectivity index (χ3v) is 2.01. The van der Waals surface area contributed by atoms with E-state index in [1.54, 1.807) is 0 Å². The number of esters is 1. The first kappa shape index (κ1) is 12.6. The lowest BCUT2D eigenvalue weighted by Crippen LogP contribution is -2.21. The van der Waals surface area contributed by atoms with Crippen molar-refractivity contribution in [2.75, 3.05) is 6.61 Å². The molecule has 0 radical (unpaired) electrons. The van der Waals surface area contributed by atoms with E-state index in [-0.39, 0.29) is 12.1 Å². The van der Waals surface area contributed by atoms with Crippen molar-refractivity contribution in [3.63, 3.8) is 0 Å². The van der Waals surface area contributed by atoms with Crippen LogP contribution in [-0.4, -0.2) is 18.7 Å². The fourth-order valence-electron chi connectivity index (χ4n) is 1.25. The zero-order valence-electron chi connectivity index (χ0n) is 9.81. The topological polar surface area (TPSA) is 35.5 Å². The average Bonchev–Trinajstić information content (AvgIpc) is 2.28. The molecule has 0 spiro atoms. The standard InChI is InChI=1S/C13H18O3/c1-3-7-13(14)16-11(2)10-15-12-8-5-4-6-9-12/h4-6,8-9,11H,3,7,10H2,1-2H3/t11-/m1/s1. The summed E-state index contributed by atoms with van der Waals surface area (Å²) in [6, 6.07) is 9.49. The van der Waals surface area contributed by atoms with E-state index >= 15 is 0 Å². The number of para-hydroxylation sites is 1. The normalized spacial score (nSPS) is 11.9. The van der Waals surface area contributed by atoms with Gasteiger partial charge in [-0.1, -0.05) is 25.1 Å². The number of carbonyl (C=O) groups excluding carboxylic acids is 1. The van der Waals surface area contributed by atoms with Gasteiger partial charge in [0, 0.05) is 6.42 Å². The quantitative estimate of drug-likeness (QED) is 0.694. The molecule has 1 rings (SSSR count). The molecule has 0 aliphatic heterocycles. The Hall–Kier alpha value is -1.51. The summed E-state index contributed by atoms with van der Waals surface area (Å²) in [5.74, 6) is 0.632. The zero-order chi connectivity index (χ0) is 11.8. The molecule has 1 aromatic carbocycles. The summed E-state index contributed by atoms with van der Waals surface area (Å²) in [6.07, 6.45) is 1.07. The average molecular weight is 222 g/mol. The molecule has 1 aromatic rings. The molecule has 0 aromatic heterocycles. The Morgan fingerprint density at radius 3 is 2.62 bits per heavy atom. The van der Waals surface area contributed by atoms with E-state index in [0.29, 0.717) is 13.0 Å². The third kappa shape index (κ3) is 4.82. The molecule has 0 fully saturated rings. The van der Waals surface area contributed by atoms with E-state index in [9.17, 15) is 4.79 Å². The molecule has 3 nitrogen and oxygen atoms in total. The predicted octanol–water partition coefficient (Wildman–Crippen LogP) is 2.80. The first-order valence-corrected chi connectivity index (χ1v) is 5.59. The van der Waals surface area contributed by atoms with E-state index in [4.69, 9.17) is 9.47 Å². The molecule has 0 saturated heterocycles. The van der Waals surface area contributed by atoms with Crippen LogP contribution in [-0.2, 0) is 9.53 Å². The lowest BCUT2D eigenvalue weighted by atomic mass is 10.3. The predicted molar refractivity (Wildman–Crippen MR) is 62.4 cm³/mol. The number of benzene rings is 1. The van der Waals surface area contributed by atoms with Crippen molar-refractivity contribution >= 4 is 5.97 Å². The molecule has 16 heavy (non-hydrogen) atoms. The molecule has 0 aliphatic carbocycles. The molecule has 0 aliphatic rings. The summed E-state index contributed by atoms with van der Waals surface area (Å²) >= 11 is 0. The minimum atomic E-state index is -0.209. The number of carbonyl (C=O) groups is 1. The molecule has 0 bridgehead atoms. The molecule has 0 heterocycles. The van der Waals surface area contributed by atoms with Crippen molar-refractivity contribution in [3.05, 3.63) is 30.3 Å². The highest BCUT2D eigenvalue weighted by molar-refractivity contribution is 5.69. The van der Waals surface area contributed by atoms with Crippen LogP contribution in [0, 0.1) is 0 Å². The van der Waals surface area contributed by atoms with E-state index in [1.165, 1.54) is 0 Å². The van der Waals surface area contributed by atoms with Crippen molar-refractivity contribution in [3.8, 4) is 5.75 Å². The van der Waals surface area contributed by atoms with Crippen LogP contribution in [0.15, 0.2) is 30.3 Å². The van der Waals surface area contributed by atoms with Crippen molar-refractivity contribution in [2.24, 2.45) is 0 Å². The Morgan fingerprint density at radius 1 is 1.31 bits per heavy atom. The highest BCUT2D eigenvalue weighted by atomic mass is 16.6. The van der Waals surface area contributed by atoms with E-state index < -0.39 is 0 Å². The second kappa shape index (κ2) is 6.88. The fourth-order valence-corrected chi connectivity index (χ4v) is 1.25. The first-order valence-electron chi connectivity index (χ1n) is 5.59. The lowest BCUT2D eigenvalue weighted by molar-refractivity contribution is -0.149. The Morgan fingerprint density at radius 2 is 2.00 bits per heavy atom. The van der Waals surface area contributed by atoms with Crippen molar-refractivity contribution in [1.29, 1.82) is 0 Å². The van der Waals surface area contributed by atoms with Gasteiger partial charge >= 0.3 is 5.97 Å². The van der Waals surface area contributed by atoms with Crippen LogP contribution in [0.3, 0.4) is 0 Å². The van der Waals surface area contributed by atoms with Gasteiger partial charge in [-0.3, -0.25) is 4.79 Å². The van der Waals surface area contributed by atoms with Gasteiger partial charge in [0.25, 0.3) is 0 Å². The van der Waals surface area contributed by atoms with Crippen LogP contribution in [0.25, 0.3) is 0 Å². The maximum atomic E-state index is 11.2. The minimum absolute atomic E-state index is 0.160. The van der Waals surface area contributed by atoms with Crippen molar-refractivity contribution < 1.29 is 14.3 Å². The van der Waals surface area contributed by atoms with E-state index in [2.05, 4.69) is 0 Å². The SMILES string of the molecule is CCCC(=O)O[C@H](C)COc1ccccc1. The Balaban J connectivity index is 2.25. The van der Waals surface area contributed by atoms with Crippen LogP contribution < -0.4 is 4.74 Å². The number of hydrogen-bond acceptors (Lipinski definition) is 3. The van der Waals surface area contributed by atoms with E-state index in [1.807, 2.05) is 44.2 Å². The first-order chi connectivity index (χ1) is 7.72. The maximum absolute atomic E-state index is 11.2. The van der Waals surface area contributed by atoms with Gasteiger partial charge in [-0.25, -0.2) is 0 Å². The molecule has 3 heteroatoms. The molecule has 0 amide bonds. The van der Waals surface area contributed by atoms with Crippen molar-refractivity contribution in [2.45, 2.75) is 32.8 Å². The third-order valence-electron chi connectivity index (χ3n) is 2.01. The fraction of sp³-hybridized carbons (Fsp3) is 0.462. The zero-order valence-corrected chi connectivity index (χ0v) is 9.81. The van der Waals surface area contributed by atoms with E-state index in [0.717, 1.165) is 12.2 Å². The summed E-state index contributed by atoms with van der Waals surface area (Å²) in [5.41, 5.74) is 0. The van der Waals surface area contributed by atoms with Gasteiger partial charge in [0.15, 0.2) is 0 Å². The minimum Gasteiger partial charge on any atom is -0.490 e. The molecular weight excluding hydrogens is 204 g/mol. The summed E-state index contributed by atoms with van der Waals surface area (Å²) in [6.45, 7) is 4.17. The lowest BCUT2D eigenvalue weighted by Gasteiger charge is -2.14. The number of rotatable bonds is 6. The van der Waals surface area contributed by atoms with Gasteiger partial charge in [-0.2, -0.15) is 0 Å². The van der Waals surface area contributed by atoms with Gasteiger partial charge in [-0.15, -0.1) is 0 Å². The van der Waals surface area contributed by atoms with Crippen LogP contribution >= 0.6 is 0 Å². The summed E-state index contributed by atoms with van der Waals surface area (Å²) in [5, 5.41) is 0. The monoisotopic (exact) mass is 222 g/mol. The summed E-state index contributed by atoms with van der Waals surface area (Å²) in [4.78, 5) is 11.2. The largest absolute Gasteiger partial charge is 0.490 e. The van der Waals surface area contributed by atoms with Crippen LogP contribution in [0.2, 0.25) is 0 Å². The second-order valence-corrected chi connectivity index (χ2v) is 3.67. The molecule has 0 unspecified atom stereocenters.